The van der Waals surface area contributed by atoms with Crippen molar-refractivity contribution in [3.05, 3.63) is 54.3 Å². The Kier molecular flexibility index (Phi) is 3.23. The van der Waals surface area contributed by atoms with E-state index in [9.17, 15) is 9.18 Å². The van der Waals surface area contributed by atoms with Crippen molar-refractivity contribution in [3.8, 4) is 11.3 Å². The van der Waals surface area contributed by atoms with E-state index in [1.54, 1.807) is 25.2 Å². The van der Waals surface area contributed by atoms with Gasteiger partial charge in [-0.05, 0) is 30.3 Å². The van der Waals surface area contributed by atoms with Crippen molar-refractivity contribution in [2.75, 3.05) is 5.32 Å². The largest absolute Gasteiger partial charge is 0.363 e. The molecule has 6 nitrogen and oxygen atoms in total. The first-order valence-corrected chi connectivity index (χ1v) is 6.14. The van der Waals surface area contributed by atoms with Crippen LogP contribution in [0.4, 0.5) is 10.1 Å². The van der Waals surface area contributed by atoms with E-state index in [1.165, 1.54) is 29.3 Å². The number of hydrogen-bond donors (Lipinski definition) is 1. The average Bonchev–Trinajstić information content (AvgIpc) is 3.09. The molecule has 2 aromatic heterocycles. The van der Waals surface area contributed by atoms with Crippen LogP contribution in [0.1, 0.15) is 10.5 Å². The monoisotopic (exact) mass is 286 g/mol. The number of halogens is 1. The molecule has 21 heavy (non-hydrogen) atoms. The molecule has 0 saturated carbocycles. The van der Waals surface area contributed by atoms with E-state index in [0.29, 0.717) is 17.1 Å². The molecule has 106 valence electrons. The Bertz CT molecular complexity index is 763. The number of carbonyl (C=O) groups is 1. The maximum absolute atomic E-state index is 12.9. The predicted octanol–water partition coefficient (Wildman–Crippen LogP) is 2.47. The topological polar surface area (TPSA) is 73.0 Å². The molecule has 0 atom stereocenters. The predicted molar refractivity (Wildman–Crippen MR) is 73.1 cm³/mol. The maximum Gasteiger partial charge on any atom is 0.274 e. The van der Waals surface area contributed by atoms with E-state index in [2.05, 4.69) is 20.1 Å². The van der Waals surface area contributed by atoms with Crippen molar-refractivity contribution in [3.63, 3.8) is 0 Å². The third-order valence-corrected chi connectivity index (χ3v) is 2.94. The smallest absolute Gasteiger partial charge is 0.274 e. The third-order valence-electron chi connectivity index (χ3n) is 2.94. The van der Waals surface area contributed by atoms with Crippen LogP contribution in [0.15, 0.2) is 47.3 Å². The summed E-state index contributed by atoms with van der Waals surface area (Å²) in [5.41, 5.74) is 2.16. The Balaban J connectivity index is 1.87. The number of carbonyl (C=O) groups excluding carboxylic acids is 1. The van der Waals surface area contributed by atoms with E-state index in [0.717, 1.165) is 5.56 Å². The SMILES string of the molecule is Cn1nc(-c2ccc(F)cc2)cc1C(=O)Nc1cnoc1. The number of nitrogens with one attached hydrogen (secondary N) is 1. The fraction of sp³-hybridized carbons (Fsp3) is 0.0714. The standard InChI is InChI=1S/C14H11FN4O2/c1-19-13(14(20)17-11-7-16-21-8-11)6-12(18-19)9-2-4-10(15)5-3-9/h2-8H,1H3,(H,17,20). The number of rotatable bonds is 3. The van der Waals surface area contributed by atoms with Crippen LogP contribution in [-0.4, -0.2) is 20.8 Å². The van der Waals surface area contributed by atoms with Crippen LogP contribution in [0.25, 0.3) is 11.3 Å². The normalized spacial score (nSPS) is 10.6. The van der Waals surface area contributed by atoms with Gasteiger partial charge in [0.1, 0.15) is 23.5 Å². The summed E-state index contributed by atoms with van der Waals surface area (Å²) in [6.45, 7) is 0. The minimum absolute atomic E-state index is 0.319. The van der Waals surface area contributed by atoms with E-state index in [1.807, 2.05) is 0 Å². The first-order chi connectivity index (χ1) is 10.1. The minimum atomic E-state index is -0.332. The van der Waals surface area contributed by atoms with Crippen molar-refractivity contribution >= 4 is 11.6 Å². The first kappa shape index (κ1) is 13.0. The second-order valence-corrected chi connectivity index (χ2v) is 4.41. The Morgan fingerprint density at radius 1 is 1.33 bits per heavy atom. The summed E-state index contributed by atoms with van der Waals surface area (Å²) in [5, 5.41) is 10.4. The second kappa shape index (κ2) is 5.20. The van der Waals surface area contributed by atoms with Gasteiger partial charge in [-0.2, -0.15) is 5.10 Å². The molecule has 3 rings (SSSR count). The van der Waals surface area contributed by atoms with Crippen molar-refractivity contribution in [1.82, 2.24) is 14.9 Å². The molecule has 0 radical (unpaired) electrons. The van der Waals surface area contributed by atoms with E-state index < -0.39 is 0 Å². The maximum atomic E-state index is 12.9. The number of hydrogen-bond acceptors (Lipinski definition) is 4. The fourth-order valence-electron chi connectivity index (χ4n) is 1.90. The molecule has 0 spiro atoms. The number of amides is 1. The zero-order chi connectivity index (χ0) is 14.8. The number of anilines is 1. The van der Waals surface area contributed by atoms with Crippen LogP contribution in [0.3, 0.4) is 0 Å². The van der Waals surface area contributed by atoms with Gasteiger partial charge >= 0.3 is 0 Å². The van der Waals surface area contributed by atoms with Gasteiger partial charge in [-0.3, -0.25) is 9.48 Å². The van der Waals surface area contributed by atoms with E-state index in [4.69, 9.17) is 0 Å². The molecule has 1 aromatic carbocycles. The molecule has 2 heterocycles. The average molecular weight is 286 g/mol. The zero-order valence-electron chi connectivity index (χ0n) is 11.1. The van der Waals surface area contributed by atoms with Gasteiger partial charge in [-0.25, -0.2) is 4.39 Å². The van der Waals surface area contributed by atoms with Crippen molar-refractivity contribution < 1.29 is 13.7 Å². The summed E-state index contributed by atoms with van der Waals surface area (Å²) in [4.78, 5) is 12.1. The van der Waals surface area contributed by atoms with E-state index >= 15 is 0 Å². The minimum Gasteiger partial charge on any atom is -0.363 e. The van der Waals surface area contributed by atoms with Gasteiger partial charge in [-0.15, -0.1) is 0 Å². The highest BCUT2D eigenvalue weighted by atomic mass is 19.1. The molecule has 0 fully saturated rings. The molecule has 0 bridgehead atoms. The Morgan fingerprint density at radius 2 is 2.10 bits per heavy atom. The highest BCUT2D eigenvalue weighted by molar-refractivity contribution is 6.03. The number of benzene rings is 1. The molecule has 1 N–H and O–H groups in total. The Morgan fingerprint density at radius 3 is 2.76 bits per heavy atom. The fourth-order valence-corrected chi connectivity index (χ4v) is 1.90. The number of aromatic nitrogens is 3. The van der Waals surface area contributed by atoms with Gasteiger partial charge in [0.25, 0.3) is 5.91 Å². The van der Waals surface area contributed by atoms with Crippen molar-refractivity contribution in [1.29, 1.82) is 0 Å². The number of aryl methyl sites for hydroxylation is 1. The summed E-state index contributed by atoms with van der Waals surface area (Å²) in [7, 11) is 1.66. The molecule has 3 aromatic rings. The molecular weight excluding hydrogens is 275 g/mol. The Hall–Kier alpha value is -2.96. The molecule has 0 aliphatic carbocycles. The van der Waals surface area contributed by atoms with Crippen LogP contribution < -0.4 is 5.32 Å². The number of nitrogens with zero attached hydrogens (tertiary/aromatic N) is 3. The molecule has 7 heteroatoms. The lowest BCUT2D eigenvalue weighted by Gasteiger charge is -2.00. The molecule has 1 amide bonds. The summed E-state index contributed by atoms with van der Waals surface area (Å²) >= 11 is 0. The molecular formula is C14H11FN4O2. The first-order valence-electron chi connectivity index (χ1n) is 6.14. The van der Waals surface area contributed by atoms with Gasteiger partial charge in [0, 0.05) is 12.6 Å². The van der Waals surface area contributed by atoms with Gasteiger partial charge in [0.2, 0.25) is 0 Å². The lowest BCUT2D eigenvalue weighted by atomic mass is 10.1. The lowest BCUT2D eigenvalue weighted by molar-refractivity contribution is 0.101. The third kappa shape index (κ3) is 2.66. The van der Waals surface area contributed by atoms with Crippen molar-refractivity contribution in [2.24, 2.45) is 7.05 Å². The Labute approximate surface area is 119 Å². The summed E-state index contributed by atoms with van der Waals surface area (Å²) in [6, 6.07) is 7.55. The van der Waals surface area contributed by atoms with Gasteiger partial charge < -0.3 is 9.84 Å². The van der Waals surface area contributed by atoms with Crippen LogP contribution in [0, 0.1) is 5.82 Å². The second-order valence-electron chi connectivity index (χ2n) is 4.41. The summed E-state index contributed by atoms with van der Waals surface area (Å²) in [6.07, 6.45) is 2.73. The molecule has 0 aliphatic rings. The van der Waals surface area contributed by atoms with Crippen LogP contribution >= 0.6 is 0 Å². The highest BCUT2D eigenvalue weighted by Gasteiger charge is 2.15. The van der Waals surface area contributed by atoms with Crippen LogP contribution in [-0.2, 0) is 7.05 Å². The van der Waals surface area contributed by atoms with Crippen LogP contribution in [0.5, 0.6) is 0 Å². The van der Waals surface area contributed by atoms with Gasteiger partial charge in [0.05, 0.1) is 11.9 Å². The van der Waals surface area contributed by atoms with E-state index in [-0.39, 0.29) is 11.7 Å². The lowest BCUT2D eigenvalue weighted by Crippen LogP contribution is -2.15. The highest BCUT2D eigenvalue weighted by Crippen LogP contribution is 2.19. The van der Waals surface area contributed by atoms with Crippen LogP contribution in [0.2, 0.25) is 0 Å². The zero-order valence-corrected chi connectivity index (χ0v) is 11.1. The molecule has 0 saturated heterocycles. The molecule has 0 aliphatic heterocycles. The van der Waals surface area contributed by atoms with Crippen molar-refractivity contribution in [2.45, 2.75) is 0 Å². The summed E-state index contributed by atoms with van der Waals surface area (Å²) in [5.74, 6) is -0.651. The summed E-state index contributed by atoms with van der Waals surface area (Å²) < 4.78 is 19.0. The van der Waals surface area contributed by atoms with Gasteiger partial charge in [-0.1, -0.05) is 5.16 Å². The van der Waals surface area contributed by atoms with Gasteiger partial charge in [0.15, 0.2) is 0 Å². The quantitative estimate of drug-likeness (QED) is 0.802. The molecule has 0 unspecified atom stereocenters.